The third-order valence-electron chi connectivity index (χ3n) is 3.97. The molecular formula is C19H24N2O2. The van der Waals surface area contributed by atoms with Gasteiger partial charge in [0, 0.05) is 12.6 Å². The summed E-state index contributed by atoms with van der Waals surface area (Å²) in [5.41, 5.74) is 0.565. The van der Waals surface area contributed by atoms with Crippen molar-refractivity contribution in [2.24, 2.45) is 5.92 Å². The molecule has 1 saturated heterocycles. The van der Waals surface area contributed by atoms with Crippen LogP contribution in [0.25, 0.3) is 0 Å². The molecule has 23 heavy (non-hydrogen) atoms. The van der Waals surface area contributed by atoms with Crippen LogP contribution in [-0.4, -0.2) is 28.6 Å². The van der Waals surface area contributed by atoms with Crippen LogP contribution >= 0.6 is 0 Å². The zero-order valence-electron chi connectivity index (χ0n) is 14.0. The van der Waals surface area contributed by atoms with Crippen molar-refractivity contribution < 1.29 is 9.53 Å². The van der Waals surface area contributed by atoms with E-state index in [1.165, 1.54) is 0 Å². The van der Waals surface area contributed by atoms with Gasteiger partial charge in [-0.05, 0) is 32.8 Å². The maximum Gasteiger partial charge on any atom is 0.323 e. The Labute approximate surface area is 138 Å². The van der Waals surface area contributed by atoms with E-state index in [1.54, 1.807) is 6.08 Å². The topological polar surface area (TPSA) is 53.3 Å². The van der Waals surface area contributed by atoms with Crippen molar-refractivity contribution in [3.05, 3.63) is 48.6 Å². The van der Waals surface area contributed by atoms with Crippen LogP contribution in [-0.2, 0) is 16.1 Å². The molecule has 0 bridgehead atoms. The maximum absolute atomic E-state index is 12.6. The quantitative estimate of drug-likeness (QED) is 0.632. The molecule has 3 atom stereocenters. The minimum Gasteiger partial charge on any atom is -0.459 e. The smallest absolute Gasteiger partial charge is 0.323 e. The first kappa shape index (κ1) is 17.2. The average molecular weight is 312 g/mol. The van der Waals surface area contributed by atoms with E-state index in [1.807, 2.05) is 56.0 Å². The first-order chi connectivity index (χ1) is 10.9. The van der Waals surface area contributed by atoms with Gasteiger partial charge >= 0.3 is 5.97 Å². The molecule has 1 heterocycles. The number of nitriles is 1. The molecule has 0 unspecified atom stereocenters. The van der Waals surface area contributed by atoms with Gasteiger partial charge in [0.15, 0.2) is 0 Å². The van der Waals surface area contributed by atoms with E-state index >= 15 is 0 Å². The third-order valence-corrected chi connectivity index (χ3v) is 3.97. The van der Waals surface area contributed by atoms with Gasteiger partial charge in [-0.2, -0.15) is 5.26 Å². The molecule has 0 aromatic heterocycles. The highest BCUT2D eigenvalue weighted by molar-refractivity contribution is 5.77. The van der Waals surface area contributed by atoms with Gasteiger partial charge in [0.1, 0.15) is 11.6 Å². The summed E-state index contributed by atoms with van der Waals surface area (Å²) in [5, 5.41) is 9.41. The van der Waals surface area contributed by atoms with E-state index in [2.05, 4.69) is 12.6 Å². The first-order valence-corrected chi connectivity index (χ1v) is 7.90. The van der Waals surface area contributed by atoms with Crippen LogP contribution in [0, 0.1) is 17.2 Å². The molecule has 4 nitrogen and oxygen atoms in total. The molecule has 0 spiro atoms. The Morgan fingerprint density at radius 1 is 1.43 bits per heavy atom. The molecule has 1 aromatic carbocycles. The van der Waals surface area contributed by atoms with Crippen molar-refractivity contribution in [3.63, 3.8) is 0 Å². The second-order valence-electron chi connectivity index (χ2n) is 6.90. The van der Waals surface area contributed by atoms with E-state index in [9.17, 15) is 10.1 Å². The number of carbonyl (C=O) groups excluding carboxylic acids is 1. The average Bonchev–Trinajstić information content (AvgIpc) is 2.84. The Morgan fingerprint density at radius 3 is 2.61 bits per heavy atom. The normalized spacial score (nSPS) is 24.9. The zero-order valence-corrected chi connectivity index (χ0v) is 14.0. The van der Waals surface area contributed by atoms with E-state index in [0.29, 0.717) is 13.0 Å². The Morgan fingerprint density at radius 2 is 2.09 bits per heavy atom. The predicted molar refractivity (Wildman–Crippen MR) is 89.3 cm³/mol. The van der Waals surface area contributed by atoms with Crippen LogP contribution in [0.2, 0.25) is 0 Å². The fourth-order valence-corrected chi connectivity index (χ4v) is 2.99. The molecule has 1 aliphatic rings. The summed E-state index contributed by atoms with van der Waals surface area (Å²) >= 11 is 0. The lowest BCUT2D eigenvalue weighted by atomic mass is 10.0. The molecule has 0 N–H and O–H groups in total. The summed E-state index contributed by atoms with van der Waals surface area (Å²) in [6.07, 6.45) is 2.25. The standard InChI is InChI=1S/C19H24N2O2/c1-5-16-15(12-20)11-17(18(22)23-19(2,3)4)21(16)13-14-9-7-6-8-10-14/h5-10,15-17H,1,11,13H2,2-4H3/t15-,16+,17+/m0/s1. The van der Waals surface area contributed by atoms with Crippen molar-refractivity contribution in [2.45, 2.75) is 51.4 Å². The van der Waals surface area contributed by atoms with E-state index in [-0.39, 0.29) is 17.9 Å². The lowest BCUT2D eigenvalue weighted by Crippen LogP contribution is -2.43. The molecule has 0 amide bonds. The number of ether oxygens (including phenoxy) is 1. The number of hydrogen-bond acceptors (Lipinski definition) is 4. The van der Waals surface area contributed by atoms with Crippen LogP contribution < -0.4 is 0 Å². The second-order valence-corrected chi connectivity index (χ2v) is 6.90. The van der Waals surface area contributed by atoms with E-state index < -0.39 is 11.6 Å². The number of nitrogens with zero attached hydrogens (tertiary/aromatic N) is 2. The van der Waals surface area contributed by atoms with Gasteiger partial charge in [0.25, 0.3) is 0 Å². The number of likely N-dealkylation sites (tertiary alicyclic amines) is 1. The van der Waals surface area contributed by atoms with Gasteiger partial charge in [-0.25, -0.2) is 0 Å². The Bertz CT molecular complexity index is 598. The summed E-state index contributed by atoms with van der Waals surface area (Å²) in [7, 11) is 0. The summed E-state index contributed by atoms with van der Waals surface area (Å²) in [6.45, 7) is 10.0. The fourth-order valence-electron chi connectivity index (χ4n) is 2.99. The molecular weight excluding hydrogens is 288 g/mol. The van der Waals surface area contributed by atoms with Gasteiger partial charge in [-0.3, -0.25) is 9.69 Å². The summed E-state index contributed by atoms with van der Waals surface area (Å²) < 4.78 is 5.55. The highest BCUT2D eigenvalue weighted by Gasteiger charge is 2.44. The summed E-state index contributed by atoms with van der Waals surface area (Å²) in [5.74, 6) is -0.508. The number of hydrogen-bond donors (Lipinski definition) is 0. The van der Waals surface area contributed by atoms with Crippen molar-refractivity contribution in [1.29, 1.82) is 5.26 Å². The Balaban J connectivity index is 2.25. The minimum absolute atomic E-state index is 0.141. The zero-order chi connectivity index (χ0) is 17.0. The van der Waals surface area contributed by atoms with Gasteiger partial charge in [0.05, 0.1) is 12.0 Å². The number of carbonyl (C=O) groups is 1. The number of rotatable bonds is 4. The Kier molecular flexibility index (Phi) is 5.23. The number of benzene rings is 1. The van der Waals surface area contributed by atoms with Crippen LogP contribution in [0.15, 0.2) is 43.0 Å². The summed E-state index contributed by atoms with van der Waals surface area (Å²) in [6, 6.07) is 11.7. The van der Waals surface area contributed by atoms with Crippen LogP contribution in [0.4, 0.5) is 0 Å². The van der Waals surface area contributed by atoms with Crippen molar-refractivity contribution in [1.82, 2.24) is 4.90 Å². The molecule has 2 rings (SSSR count). The summed E-state index contributed by atoms with van der Waals surface area (Å²) in [4.78, 5) is 14.6. The fraction of sp³-hybridized carbons (Fsp3) is 0.474. The molecule has 0 aliphatic carbocycles. The first-order valence-electron chi connectivity index (χ1n) is 7.90. The largest absolute Gasteiger partial charge is 0.459 e. The highest BCUT2D eigenvalue weighted by Crippen LogP contribution is 2.33. The lowest BCUT2D eigenvalue weighted by Gasteiger charge is -2.30. The molecule has 1 aliphatic heterocycles. The SMILES string of the molecule is C=C[C@@H]1[C@H](C#N)C[C@H](C(=O)OC(C)(C)C)N1Cc1ccccc1. The van der Waals surface area contributed by atoms with Gasteiger partial charge in [0.2, 0.25) is 0 Å². The van der Waals surface area contributed by atoms with E-state index in [4.69, 9.17) is 4.74 Å². The van der Waals surface area contributed by atoms with Gasteiger partial charge < -0.3 is 4.74 Å². The van der Waals surface area contributed by atoms with Crippen LogP contribution in [0.1, 0.15) is 32.8 Å². The van der Waals surface area contributed by atoms with Crippen LogP contribution in [0.5, 0.6) is 0 Å². The van der Waals surface area contributed by atoms with Crippen molar-refractivity contribution in [3.8, 4) is 6.07 Å². The van der Waals surface area contributed by atoms with Crippen LogP contribution in [0.3, 0.4) is 0 Å². The molecule has 4 heteroatoms. The maximum atomic E-state index is 12.6. The molecule has 0 saturated carbocycles. The van der Waals surface area contributed by atoms with E-state index in [0.717, 1.165) is 5.56 Å². The van der Waals surface area contributed by atoms with Gasteiger partial charge in [-0.15, -0.1) is 6.58 Å². The van der Waals surface area contributed by atoms with Crippen molar-refractivity contribution >= 4 is 5.97 Å². The third kappa shape index (κ3) is 4.20. The van der Waals surface area contributed by atoms with Crippen molar-refractivity contribution in [2.75, 3.05) is 0 Å². The second kappa shape index (κ2) is 6.97. The lowest BCUT2D eigenvalue weighted by molar-refractivity contribution is -0.160. The molecule has 0 radical (unpaired) electrons. The molecule has 1 aromatic rings. The molecule has 122 valence electrons. The van der Waals surface area contributed by atoms with Gasteiger partial charge in [-0.1, -0.05) is 36.4 Å². The molecule has 1 fully saturated rings. The number of esters is 1. The minimum atomic E-state index is -0.538. The predicted octanol–water partition coefficient (Wildman–Crippen LogP) is 3.30. The Hall–Kier alpha value is -2.12. The monoisotopic (exact) mass is 312 g/mol. The highest BCUT2D eigenvalue weighted by atomic mass is 16.6.